The quantitative estimate of drug-likeness (QED) is 0.826. The molecule has 78 valence electrons. The van der Waals surface area contributed by atoms with Gasteiger partial charge in [-0.25, -0.2) is 0 Å². The Hall–Kier alpha value is -0.770. The molecule has 0 saturated heterocycles. The maximum atomic E-state index is 5.66. The van der Waals surface area contributed by atoms with Crippen LogP contribution in [0, 0.1) is 0 Å². The predicted octanol–water partition coefficient (Wildman–Crippen LogP) is 2.69. The first-order valence-electron chi connectivity index (χ1n) is 3.87. The lowest BCUT2D eigenvalue weighted by Crippen LogP contribution is -2.02. The number of rotatable bonds is 1. The van der Waals surface area contributed by atoms with Crippen LogP contribution in [0.4, 0.5) is 0 Å². The topological polar surface area (TPSA) is 52.0 Å². The van der Waals surface area contributed by atoms with Crippen LogP contribution in [-0.2, 0) is 0 Å². The van der Waals surface area contributed by atoms with Gasteiger partial charge in [-0.1, -0.05) is 0 Å². The molecule has 0 aromatic carbocycles. The molecule has 0 spiro atoms. The second-order valence-corrected chi connectivity index (χ2v) is 2.82. The van der Waals surface area contributed by atoms with Crippen LogP contribution < -0.4 is 5.73 Å². The van der Waals surface area contributed by atoms with Crippen molar-refractivity contribution < 1.29 is 4.42 Å². The van der Waals surface area contributed by atoms with Crippen molar-refractivity contribution in [1.82, 2.24) is 4.98 Å². The van der Waals surface area contributed by atoms with Crippen molar-refractivity contribution in [3.63, 3.8) is 0 Å². The Morgan fingerprint density at radius 2 is 2.14 bits per heavy atom. The number of hydrogen-bond acceptors (Lipinski definition) is 3. The number of nitrogens with two attached hydrogens (primary N) is 1. The van der Waals surface area contributed by atoms with Crippen LogP contribution in [0.2, 0.25) is 0 Å². The summed E-state index contributed by atoms with van der Waals surface area (Å²) in [5.41, 5.74) is 7.32. The fraction of sp³-hybridized carbons (Fsp3) is 0.222. The number of aromatic nitrogens is 1. The summed E-state index contributed by atoms with van der Waals surface area (Å²) in [6.07, 6.45) is 1.74. The van der Waals surface area contributed by atoms with Crippen LogP contribution >= 0.6 is 24.8 Å². The van der Waals surface area contributed by atoms with Crippen molar-refractivity contribution >= 4 is 35.9 Å². The first kappa shape index (κ1) is 13.2. The van der Waals surface area contributed by atoms with E-state index in [1.165, 1.54) is 0 Å². The number of hydrogen-bond donors (Lipinski definition) is 1. The maximum absolute atomic E-state index is 5.66. The Morgan fingerprint density at radius 3 is 2.71 bits per heavy atom. The zero-order valence-corrected chi connectivity index (χ0v) is 9.27. The zero-order chi connectivity index (χ0) is 8.55. The average molecular weight is 235 g/mol. The second-order valence-electron chi connectivity index (χ2n) is 2.82. The molecule has 2 N–H and O–H groups in total. The highest BCUT2D eigenvalue weighted by molar-refractivity contribution is 5.85. The Morgan fingerprint density at radius 1 is 1.43 bits per heavy atom. The molecule has 0 amide bonds. The largest absolute Gasteiger partial charge is 0.458 e. The van der Waals surface area contributed by atoms with E-state index >= 15 is 0 Å². The second kappa shape index (κ2) is 5.20. The van der Waals surface area contributed by atoms with E-state index in [1.807, 2.05) is 25.1 Å². The lowest BCUT2D eigenvalue weighted by molar-refractivity contribution is 0.513. The Bertz CT molecular complexity index is 367. The van der Waals surface area contributed by atoms with Gasteiger partial charge in [-0.15, -0.1) is 24.8 Å². The third-order valence-corrected chi connectivity index (χ3v) is 1.76. The molecule has 0 aliphatic rings. The summed E-state index contributed by atoms with van der Waals surface area (Å²) in [6.45, 7) is 1.89. The van der Waals surface area contributed by atoms with Gasteiger partial charge in [-0.3, -0.25) is 4.98 Å². The van der Waals surface area contributed by atoms with E-state index in [0.717, 1.165) is 16.9 Å². The van der Waals surface area contributed by atoms with Gasteiger partial charge < -0.3 is 10.2 Å². The molecular formula is C9H12Cl2N2O. The first-order chi connectivity index (χ1) is 5.77. The number of nitrogens with zero attached hydrogens (tertiary/aromatic N) is 1. The lowest BCUT2D eigenvalue weighted by atomic mass is 10.3. The van der Waals surface area contributed by atoms with E-state index < -0.39 is 0 Å². The minimum Gasteiger partial charge on any atom is -0.458 e. The van der Waals surface area contributed by atoms with E-state index in [9.17, 15) is 0 Å². The van der Waals surface area contributed by atoms with Gasteiger partial charge in [-0.05, 0) is 19.1 Å². The van der Waals surface area contributed by atoms with Crippen LogP contribution in [0.3, 0.4) is 0 Å². The van der Waals surface area contributed by atoms with Gasteiger partial charge in [-0.2, -0.15) is 0 Å². The molecule has 2 heterocycles. The summed E-state index contributed by atoms with van der Waals surface area (Å²) in [5, 5.41) is 0. The predicted molar refractivity (Wildman–Crippen MR) is 61.1 cm³/mol. The summed E-state index contributed by atoms with van der Waals surface area (Å²) in [5.74, 6) is 0.781. The third-order valence-electron chi connectivity index (χ3n) is 1.76. The van der Waals surface area contributed by atoms with Crippen molar-refractivity contribution in [3.8, 4) is 0 Å². The molecule has 2 aromatic heterocycles. The number of pyridine rings is 1. The fourth-order valence-electron chi connectivity index (χ4n) is 1.11. The van der Waals surface area contributed by atoms with Crippen molar-refractivity contribution in [3.05, 3.63) is 30.2 Å². The van der Waals surface area contributed by atoms with Gasteiger partial charge in [0.25, 0.3) is 0 Å². The molecule has 0 radical (unpaired) electrons. The summed E-state index contributed by atoms with van der Waals surface area (Å²) < 4.78 is 5.44. The van der Waals surface area contributed by atoms with Crippen LogP contribution in [0.25, 0.3) is 11.1 Å². The molecule has 1 unspecified atom stereocenters. The molecule has 0 saturated carbocycles. The smallest absolute Gasteiger partial charge is 0.152 e. The minimum atomic E-state index is -0.0702. The molecule has 5 heteroatoms. The van der Waals surface area contributed by atoms with Crippen LogP contribution in [0.15, 0.2) is 28.8 Å². The zero-order valence-electron chi connectivity index (χ0n) is 7.64. The molecule has 1 atom stereocenters. The monoisotopic (exact) mass is 234 g/mol. The molecule has 3 nitrogen and oxygen atoms in total. The summed E-state index contributed by atoms with van der Waals surface area (Å²) >= 11 is 0. The highest BCUT2D eigenvalue weighted by atomic mass is 35.5. The van der Waals surface area contributed by atoms with Gasteiger partial charge in [0.1, 0.15) is 11.3 Å². The molecule has 0 bridgehead atoms. The Balaban J connectivity index is 0.000000845. The van der Waals surface area contributed by atoms with E-state index in [4.69, 9.17) is 10.2 Å². The van der Waals surface area contributed by atoms with E-state index in [-0.39, 0.29) is 30.9 Å². The van der Waals surface area contributed by atoms with Gasteiger partial charge in [0.05, 0.1) is 6.04 Å². The van der Waals surface area contributed by atoms with Crippen molar-refractivity contribution in [2.45, 2.75) is 13.0 Å². The summed E-state index contributed by atoms with van der Waals surface area (Å²) in [7, 11) is 0. The molecule has 2 rings (SSSR count). The highest BCUT2D eigenvalue weighted by Crippen LogP contribution is 2.20. The van der Waals surface area contributed by atoms with Crippen molar-refractivity contribution in [2.75, 3.05) is 0 Å². The molecular weight excluding hydrogens is 223 g/mol. The minimum absolute atomic E-state index is 0. The van der Waals surface area contributed by atoms with Gasteiger partial charge in [0.2, 0.25) is 0 Å². The molecule has 0 fully saturated rings. The van der Waals surface area contributed by atoms with E-state index in [2.05, 4.69) is 4.98 Å². The standard InChI is InChI=1S/C9H10N2O.2ClH/c1-6(10)9-5-7-8(12-9)3-2-4-11-7;;/h2-6H,10H2,1H3;2*1H. The highest BCUT2D eigenvalue weighted by Gasteiger charge is 2.06. The Labute approximate surface area is 94.5 Å². The fourth-order valence-corrected chi connectivity index (χ4v) is 1.11. The maximum Gasteiger partial charge on any atom is 0.152 e. The SMILES string of the molecule is CC(N)c1cc2ncccc2o1.Cl.Cl. The van der Waals surface area contributed by atoms with E-state index in [0.29, 0.717) is 0 Å². The van der Waals surface area contributed by atoms with Crippen molar-refractivity contribution in [1.29, 1.82) is 0 Å². The third kappa shape index (κ3) is 2.38. The van der Waals surface area contributed by atoms with Crippen LogP contribution in [0.1, 0.15) is 18.7 Å². The normalized spacial score (nSPS) is 11.6. The summed E-state index contributed by atoms with van der Waals surface area (Å²) in [6, 6.07) is 5.53. The van der Waals surface area contributed by atoms with Crippen LogP contribution in [-0.4, -0.2) is 4.98 Å². The van der Waals surface area contributed by atoms with Crippen molar-refractivity contribution in [2.24, 2.45) is 5.73 Å². The Kier molecular flexibility index (Phi) is 4.91. The van der Waals surface area contributed by atoms with Gasteiger partial charge in [0.15, 0.2) is 5.58 Å². The van der Waals surface area contributed by atoms with Crippen LogP contribution in [0.5, 0.6) is 0 Å². The average Bonchev–Trinajstić information content (AvgIpc) is 2.46. The van der Waals surface area contributed by atoms with Gasteiger partial charge >= 0.3 is 0 Å². The molecule has 14 heavy (non-hydrogen) atoms. The lowest BCUT2D eigenvalue weighted by Gasteiger charge is -1.96. The molecule has 2 aromatic rings. The first-order valence-corrected chi connectivity index (χ1v) is 3.87. The number of fused-ring (bicyclic) bond motifs is 1. The summed E-state index contributed by atoms with van der Waals surface area (Å²) in [4.78, 5) is 4.13. The number of halogens is 2. The molecule has 0 aliphatic carbocycles. The van der Waals surface area contributed by atoms with E-state index in [1.54, 1.807) is 6.20 Å². The number of furan rings is 1. The molecule has 0 aliphatic heterocycles. The van der Waals surface area contributed by atoms with Gasteiger partial charge in [0, 0.05) is 12.3 Å².